The van der Waals surface area contributed by atoms with Crippen molar-refractivity contribution in [1.82, 2.24) is 5.32 Å². The molecule has 0 bridgehead atoms. The number of halogens is 2. The van der Waals surface area contributed by atoms with Crippen molar-refractivity contribution in [1.29, 1.82) is 0 Å². The van der Waals surface area contributed by atoms with Crippen molar-refractivity contribution in [3.8, 4) is 11.1 Å². The number of nitrogens with one attached hydrogen (secondary N) is 1. The first-order chi connectivity index (χ1) is 12.7. The summed E-state index contributed by atoms with van der Waals surface area (Å²) in [5.74, 6) is -0.437. The minimum Gasteiger partial charge on any atom is -0.444 e. The highest BCUT2D eigenvalue weighted by Crippen LogP contribution is 2.25. The number of benzene rings is 2. The van der Waals surface area contributed by atoms with Crippen molar-refractivity contribution in [3.05, 3.63) is 58.9 Å². The maximum absolute atomic E-state index is 13.3. The predicted molar refractivity (Wildman–Crippen MR) is 106 cm³/mol. The third-order valence-corrected chi connectivity index (χ3v) is 4.07. The summed E-state index contributed by atoms with van der Waals surface area (Å²) in [5, 5.41) is 2.93. The molecule has 4 nitrogen and oxygen atoms in total. The first-order valence-electron chi connectivity index (χ1n) is 8.71. The number of rotatable bonds is 6. The lowest BCUT2D eigenvalue weighted by atomic mass is 10.0. The van der Waals surface area contributed by atoms with Crippen molar-refractivity contribution in [2.24, 2.45) is 0 Å². The number of amides is 1. The molecule has 0 aliphatic rings. The van der Waals surface area contributed by atoms with Gasteiger partial charge in [-0.1, -0.05) is 41.9 Å². The summed E-state index contributed by atoms with van der Waals surface area (Å²) in [6.45, 7) is 5.82. The maximum atomic E-state index is 13.3. The molecule has 0 aliphatic heterocycles. The van der Waals surface area contributed by atoms with Crippen LogP contribution in [0.3, 0.4) is 0 Å². The van der Waals surface area contributed by atoms with Crippen molar-refractivity contribution >= 4 is 17.7 Å². The molecule has 0 fully saturated rings. The standard InChI is InChI=1S/C21H25ClFNO3/c1-21(2,3)27-20(25)24-17(13-26-4)11-14-5-7-15(8-6-14)16-9-10-19(23)18(22)12-16/h5-10,12,17H,11,13H2,1-4H3,(H,24,25). The molecule has 1 N–H and O–H groups in total. The highest BCUT2D eigenvalue weighted by Gasteiger charge is 2.19. The Bertz CT molecular complexity index is 772. The van der Waals surface area contributed by atoms with Crippen LogP contribution in [0.1, 0.15) is 26.3 Å². The van der Waals surface area contributed by atoms with E-state index < -0.39 is 17.5 Å². The van der Waals surface area contributed by atoms with Gasteiger partial charge < -0.3 is 14.8 Å². The zero-order valence-electron chi connectivity index (χ0n) is 16.0. The molecule has 0 radical (unpaired) electrons. The van der Waals surface area contributed by atoms with Crippen LogP contribution in [0.4, 0.5) is 9.18 Å². The monoisotopic (exact) mass is 393 g/mol. The normalized spacial score (nSPS) is 12.5. The molecule has 2 aromatic carbocycles. The summed E-state index contributed by atoms with van der Waals surface area (Å²) in [6, 6.07) is 12.2. The van der Waals surface area contributed by atoms with Gasteiger partial charge in [0.2, 0.25) is 0 Å². The molecular weight excluding hydrogens is 369 g/mol. The minimum atomic E-state index is -0.556. The van der Waals surface area contributed by atoms with E-state index in [9.17, 15) is 9.18 Å². The second kappa shape index (κ2) is 9.20. The van der Waals surface area contributed by atoms with E-state index in [1.165, 1.54) is 6.07 Å². The Morgan fingerprint density at radius 2 is 1.78 bits per heavy atom. The first kappa shape index (κ1) is 21.2. The van der Waals surface area contributed by atoms with E-state index >= 15 is 0 Å². The van der Waals surface area contributed by atoms with E-state index in [2.05, 4.69) is 5.32 Å². The molecule has 1 unspecified atom stereocenters. The lowest BCUT2D eigenvalue weighted by Gasteiger charge is -2.23. The third kappa shape index (κ3) is 6.85. The van der Waals surface area contributed by atoms with Crippen LogP contribution in [0, 0.1) is 5.82 Å². The van der Waals surface area contributed by atoms with Crippen LogP contribution >= 0.6 is 11.6 Å². The van der Waals surface area contributed by atoms with E-state index in [1.807, 2.05) is 45.0 Å². The van der Waals surface area contributed by atoms with Crippen molar-refractivity contribution in [3.63, 3.8) is 0 Å². The van der Waals surface area contributed by atoms with Gasteiger partial charge in [-0.25, -0.2) is 9.18 Å². The van der Waals surface area contributed by atoms with Crippen LogP contribution in [0.5, 0.6) is 0 Å². The van der Waals surface area contributed by atoms with Gasteiger partial charge in [0.15, 0.2) is 0 Å². The summed E-state index contributed by atoms with van der Waals surface area (Å²) in [4.78, 5) is 12.0. The van der Waals surface area contributed by atoms with Gasteiger partial charge in [-0.05, 0) is 56.0 Å². The topological polar surface area (TPSA) is 47.6 Å². The quantitative estimate of drug-likeness (QED) is 0.731. The lowest BCUT2D eigenvalue weighted by molar-refractivity contribution is 0.0469. The largest absolute Gasteiger partial charge is 0.444 e. The molecule has 2 aromatic rings. The van der Waals surface area contributed by atoms with Gasteiger partial charge in [-0.15, -0.1) is 0 Å². The second-order valence-electron chi connectivity index (χ2n) is 7.33. The molecule has 0 aliphatic carbocycles. The number of carbonyl (C=O) groups is 1. The number of hydrogen-bond acceptors (Lipinski definition) is 3. The third-order valence-electron chi connectivity index (χ3n) is 3.78. The molecule has 0 aromatic heterocycles. The molecule has 1 atom stereocenters. The number of alkyl carbamates (subject to hydrolysis) is 1. The van der Waals surface area contributed by atoms with Gasteiger partial charge in [-0.3, -0.25) is 0 Å². The Morgan fingerprint density at radius 3 is 2.33 bits per heavy atom. The van der Waals surface area contributed by atoms with E-state index in [0.29, 0.717) is 13.0 Å². The number of methoxy groups -OCH3 is 1. The average Bonchev–Trinajstić information content (AvgIpc) is 2.56. The second-order valence-corrected chi connectivity index (χ2v) is 7.74. The van der Waals surface area contributed by atoms with Crippen molar-refractivity contribution in [2.75, 3.05) is 13.7 Å². The van der Waals surface area contributed by atoms with Crippen LogP contribution < -0.4 is 5.32 Å². The predicted octanol–water partition coefficient (Wildman–Crippen LogP) is 5.23. The molecular formula is C21H25ClFNO3. The van der Waals surface area contributed by atoms with Gasteiger partial charge in [0, 0.05) is 7.11 Å². The van der Waals surface area contributed by atoms with E-state index in [1.54, 1.807) is 19.2 Å². The Labute approximate surface area is 164 Å². The summed E-state index contributed by atoms with van der Waals surface area (Å²) >= 11 is 5.85. The van der Waals surface area contributed by atoms with Gasteiger partial charge in [0.1, 0.15) is 11.4 Å². The minimum absolute atomic E-state index is 0.0956. The Kier molecular flexibility index (Phi) is 7.22. The molecule has 6 heteroatoms. The lowest BCUT2D eigenvalue weighted by Crippen LogP contribution is -2.42. The fourth-order valence-corrected chi connectivity index (χ4v) is 2.80. The van der Waals surface area contributed by atoms with Crippen molar-refractivity contribution < 1.29 is 18.7 Å². The molecule has 27 heavy (non-hydrogen) atoms. The van der Waals surface area contributed by atoms with Crippen LogP contribution in [0.15, 0.2) is 42.5 Å². The zero-order valence-corrected chi connectivity index (χ0v) is 16.8. The number of carbonyl (C=O) groups excluding carboxylic acids is 1. The van der Waals surface area contributed by atoms with Gasteiger partial charge in [0.05, 0.1) is 17.7 Å². The SMILES string of the molecule is COCC(Cc1ccc(-c2ccc(F)c(Cl)c2)cc1)NC(=O)OC(C)(C)C. The summed E-state index contributed by atoms with van der Waals surface area (Å²) in [6.07, 6.45) is 0.125. The van der Waals surface area contributed by atoms with Gasteiger partial charge in [-0.2, -0.15) is 0 Å². The average molecular weight is 394 g/mol. The molecule has 2 rings (SSSR count). The van der Waals surface area contributed by atoms with E-state index in [4.69, 9.17) is 21.1 Å². The van der Waals surface area contributed by atoms with E-state index in [0.717, 1.165) is 16.7 Å². The fourth-order valence-electron chi connectivity index (χ4n) is 2.62. The van der Waals surface area contributed by atoms with Crippen LogP contribution in [-0.2, 0) is 15.9 Å². The van der Waals surface area contributed by atoms with Crippen LogP contribution in [-0.4, -0.2) is 31.5 Å². The first-order valence-corrected chi connectivity index (χ1v) is 9.08. The highest BCUT2D eigenvalue weighted by atomic mass is 35.5. The Morgan fingerprint density at radius 1 is 1.15 bits per heavy atom. The Hall–Kier alpha value is -2.11. The summed E-state index contributed by atoms with van der Waals surface area (Å²) in [7, 11) is 1.59. The van der Waals surface area contributed by atoms with Crippen LogP contribution in [0.25, 0.3) is 11.1 Å². The molecule has 0 spiro atoms. The molecule has 0 saturated carbocycles. The van der Waals surface area contributed by atoms with Crippen LogP contribution in [0.2, 0.25) is 5.02 Å². The zero-order chi connectivity index (χ0) is 20.0. The van der Waals surface area contributed by atoms with Gasteiger partial charge in [0.25, 0.3) is 0 Å². The number of hydrogen-bond donors (Lipinski definition) is 1. The smallest absolute Gasteiger partial charge is 0.407 e. The maximum Gasteiger partial charge on any atom is 0.407 e. The molecule has 0 saturated heterocycles. The van der Waals surface area contributed by atoms with Crippen molar-refractivity contribution in [2.45, 2.75) is 38.8 Å². The Balaban J connectivity index is 2.05. The van der Waals surface area contributed by atoms with E-state index in [-0.39, 0.29) is 11.1 Å². The molecule has 1 amide bonds. The summed E-state index contributed by atoms with van der Waals surface area (Å²) < 4.78 is 23.8. The summed E-state index contributed by atoms with van der Waals surface area (Å²) in [5.41, 5.74) is 2.25. The highest BCUT2D eigenvalue weighted by molar-refractivity contribution is 6.31. The molecule has 0 heterocycles. The fraction of sp³-hybridized carbons (Fsp3) is 0.381. The number of ether oxygens (including phenoxy) is 2. The van der Waals surface area contributed by atoms with Gasteiger partial charge >= 0.3 is 6.09 Å². The molecule has 146 valence electrons.